The molecule has 0 saturated carbocycles. The highest BCUT2D eigenvalue weighted by molar-refractivity contribution is 7.96. The highest BCUT2D eigenvalue weighted by Crippen LogP contribution is 2.28. The van der Waals surface area contributed by atoms with E-state index in [1.165, 1.54) is 6.33 Å². The molecule has 1 aromatic rings. The fraction of sp³-hybridized carbons (Fsp3) is 0.762. The van der Waals surface area contributed by atoms with E-state index in [-0.39, 0.29) is 24.4 Å². The van der Waals surface area contributed by atoms with Gasteiger partial charge in [-0.25, -0.2) is 14.8 Å². The largest absolute Gasteiger partial charge is 0.474 e. The Morgan fingerprint density at radius 3 is 2.10 bits per heavy atom. The fourth-order valence-corrected chi connectivity index (χ4v) is 4.50. The van der Waals surface area contributed by atoms with Gasteiger partial charge in [-0.3, -0.25) is 4.31 Å². The number of piperidine rings is 2. The van der Waals surface area contributed by atoms with Crippen molar-refractivity contribution >= 4 is 18.0 Å². The summed E-state index contributed by atoms with van der Waals surface area (Å²) in [6, 6.07) is 0. The minimum atomic E-state index is -0.249. The summed E-state index contributed by atoms with van der Waals surface area (Å²) in [4.78, 5) is 22.4. The molecule has 9 heteroatoms. The summed E-state index contributed by atoms with van der Waals surface area (Å²) in [5.41, 5.74) is 0.838. The van der Waals surface area contributed by atoms with Crippen molar-refractivity contribution in [2.24, 2.45) is 0 Å². The zero-order valence-corrected chi connectivity index (χ0v) is 19.3. The van der Waals surface area contributed by atoms with Gasteiger partial charge in [0.15, 0.2) is 0 Å². The molecular weight excluding hydrogens is 404 g/mol. The van der Waals surface area contributed by atoms with Gasteiger partial charge in [-0.1, -0.05) is 18.9 Å². The predicted molar refractivity (Wildman–Crippen MR) is 117 cm³/mol. The molecule has 2 aliphatic rings. The molecule has 0 aliphatic carbocycles. The number of carbonyl (C=O) groups excluding carboxylic acids is 1. The summed E-state index contributed by atoms with van der Waals surface area (Å²) in [5, 5.41) is 0. The van der Waals surface area contributed by atoms with E-state index in [1.54, 1.807) is 4.90 Å². The normalized spacial score (nSPS) is 19.2. The van der Waals surface area contributed by atoms with Crippen LogP contribution in [0.2, 0.25) is 0 Å². The van der Waals surface area contributed by atoms with Crippen LogP contribution in [0.4, 0.5) is 4.79 Å². The van der Waals surface area contributed by atoms with Crippen LogP contribution in [0.3, 0.4) is 0 Å². The smallest absolute Gasteiger partial charge is 0.410 e. The summed E-state index contributed by atoms with van der Waals surface area (Å²) in [6.45, 7) is 11.2. The Balaban J connectivity index is 1.50. The standard InChI is InChI=1S/C21H34N4O4S/c1-5-30-25-12-8-18(9-13-25)29-20-16(4)19(22-14-23-20)28-17-6-10-24(11-7-17)21(26)27-15(2)3/h14-15,17-18H,5-13H2,1-4H3. The number of ether oxygens (including phenoxy) is 3. The molecule has 2 saturated heterocycles. The molecule has 1 aromatic heterocycles. The van der Waals surface area contributed by atoms with Crippen LogP contribution in [-0.4, -0.2) is 75.5 Å². The molecule has 8 nitrogen and oxygen atoms in total. The van der Waals surface area contributed by atoms with Crippen LogP contribution in [0.25, 0.3) is 0 Å². The van der Waals surface area contributed by atoms with E-state index in [1.807, 2.05) is 32.7 Å². The third-order valence-corrected chi connectivity index (χ3v) is 6.29. The van der Waals surface area contributed by atoms with Gasteiger partial charge in [-0.05, 0) is 33.6 Å². The van der Waals surface area contributed by atoms with Gasteiger partial charge in [-0.2, -0.15) is 0 Å². The zero-order chi connectivity index (χ0) is 21.5. The number of carbonyl (C=O) groups is 1. The lowest BCUT2D eigenvalue weighted by Gasteiger charge is -2.32. The molecule has 0 bridgehead atoms. The van der Waals surface area contributed by atoms with Crippen molar-refractivity contribution in [2.75, 3.05) is 31.9 Å². The molecule has 168 valence electrons. The Morgan fingerprint density at radius 2 is 1.60 bits per heavy atom. The zero-order valence-electron chi connectivity index (χ0n) is 18.5. The summed E-state index contributed by atoms with van der Waals surface area (Å²) in [6.07, 6.45) is 4.84. The van der Waals surface area contributed by atoms with Gasteiger partial charge in [0, 0.05) is 44.8 Å². The Bertz CT molecular complexity index is 690. The van der Waals surface area contributed by atoms with Crippen LogP contribution >= 0.6 is 11.9 Å². The first-order chi connectivity index (χ1) is 14.5. The number of nitrogens with zero attached hydrogens (tertiary/aromatic N) is 4. The summed E-state index contributed by atoms with van der Waals surface area (Å²) in [5.74, 6) is 2.29. The monoisotopic (exact) mass is 438 g/mol. The molecule has 0 N–H and O–H groups in total. The van der Waals surface area contributed by atoms with Crippen LogP contribution in [-0.2, 0) is 4.74 Å². The maximum absolute atomic E-state index is 12.0. The van der Waals surface area contributed by atoms with Crippen LogP contribution in [0.5, 0.6) is 11.8 Å². The highest BCUT2D eigenvalue weighted by Gasteiger charge is 2.27. The number of amides is 1. The molecule has 3 rings (SSSR count). The molecule has 3 heterocycles. The number of likely N-dealkylation sites (tertiary alicyclic amines) is 1. The SMILES string of the molecule is CCSN1CCC(Oc2ncnc(OC3CCN(C(=O)OC(C)C)CC3)c2C)CC1. The first kappa shape index (κ1) is 22.9. The van der Waals surface area contributed by atoms with Gasteiger partial charge in [0.2, 0.25) is 11.8 Å². The summed E-state index contributed by atoms with van der Waals surface area (Å²) in [7, 11) is 0. The van der Waals surface area contributed by atoms with Gasteiger partial charge < -0.3 is 19.1 Å². The van der Waals surface area contributed by atoms with E-state index in [9.17, 15) is 4.79 Å². The summed E-state index contributed by atoms with van der Waals surface area (Å²) >= 11 is 1.89. The minimum Gasteiger partial charge on any atom is -0.474 e. The van der Waals surface area contributed by atoms with E-state index in [0.29, 0.717) is 24.8 Å². The molecule has 30 heavy (non-hydrogen) atoms. The molecule has 0 atom stereocenters. The van der Waals surface area contributed by atoms with Crippen molar-refractivity contribution in [3.63, 3.8) is 0 Å². The molecule has 0 radical (unpaired) electrons. The van der Waals surface area contributed by atoms with E-state index in [0.717, 1.165) is 50.1 Å². The van der Waals surface area contributed by atoms with Gasteiger partial charge in [0.05, 0.1) is 11.7 Å². The van der Waals surface area contributed by atoms with Gasteiger partial charge in [0.1, 0.15) is 18.5 Å². The maximum atomic E-state index is 12.0. The molecule has 0 unspecified atom stereocenters. The van der Waals surface area contributed by atoms with Crippen molar-refractivity contribution in [3.8, 4) is 11.8 Å². The molecule has 0 aromatic carbocycles. The lowest BCUT2D eigenvalue weighted by Crippen LogP contribution is -2.42. The first-order valence-electron chi connectivity index (χ1n) is 10.9. The molecule has 2 fully saturated rings. The average molecular weight is 439 g/mol. The van der Waals surface area contributed by atoms with Crippen molar-refractivity contribution < 1.29 is 19.0 Å². The lowest BCUT2D eigenvalue weighted by atomic mass is 10.1. The van der Waals surface area contributed by atoms with Crippen LogP contribution in [0.1, 0.15) is 52.0 Å². The Hall–Kier alpha value is -1.74. The molecule has 1 amide bonds. The number of aromatic nitrogens is 2. The average Bonchev–Trinajstić information content (AvgIpc) is 2.72. The number of hydrogen-bond acceptors (Lipinski definition) is 8. The highest BCUT2D eigenvalue weighted by atomic mass is 32.2. The maximum Gasteiger partial charge on any atom is 0.410 e. The van der Waals surface area contributed by atoms with Crippen molar-refractivity contribution in [3.05, 3.63) is 11.9 Å². The fourth-order valence-electron chi connectivity index (χ4n) is 3.67. The lowest BCUT2D eigenvalue weighted by molar-refractivity contribution is 0.0503. The summed E-state index contributed by atoms with van der Waals surface area (Å²) < 4.78 is 20.0. The Kier molecular flexibility index (Phi) is 8.44. The Labute approximate surface area is 183 Å². The van der Waals surface area contributed by atoms with Crippen molar-refractivity contribution in [1.29, 1.82) is 0 Å². The second-order valence-corrected chi connectivity index (χ2v) is 9.36. The molecular formula is C21H34N4O4S. The van der Waals surface area contributed by atoms with Gasteiger partial charge in [0.25, 0.3) is 0 Å². The third kappa shape index (κ3) is 6.38. The van der Waals surface area contributed by atoms with Gasteiger partial charge in [-0.15, -0.1) is 0 Å². The molecule has 2 aliphatic heterocycles. The quantitative estimate of drug-likeness (QED) is 0.597. The van der Waals surface area contributed by atoms with E-state index in [4.69, 9.17) is 14.2 Å². The number of rotatable bonds is 7. The minimum absolute atomic E-state index is 0.0175. The van der Waals surface area contributed by atoms with E-state index in [2.05, 4.69) is 21.2 Å². The van der Waals surface area contributed by atoms with Crippen LogP contribution in [0, 0.1) is 6.92 Å². The topological polar surface area (TPSA) is 77.0 Å². The predicted octanol–water partition coefficient (Wildman–Crippen LogP) is 3.68. The second-order valence-electron chi connectivity index (χ2n) is 8.01. The van der Waals surface area contributed by atoms with Crippen molar-refractivity contribution in [2.45, 2.75) is 71.7 Å². The van der Waals surface area contributed by atoms with E-state index >= 15 is 0 Å². The van der Waals surface area contributed by atoms with Crippen LogP contribution < -0.4 is 9.47 Å². The van der Waals surface area contributed by atoms with Crippen LogP contribution in [0.15, 0.2) is 6.33 Å². The second kappa shape index (κ2) is 11.0. The van der Waals surface area contributed by atoms with Crippen molar-refractivity contribution in [1.82, 2.24) is 19.2 Å². The van der Waals surface area contributed by atoms with Gasteiger partial charge >= 0.3 is 6.09 Å². The van der Waals surface area contributed by atoms with E-state index < -0.39 is 0 Å². The Morgan fingerprint density at radius 1 is 1.07 bits per heavy atom. The number of hydrogen-bond donors (Lipinski definition) is 0. The third-order valence-electron chi connectivity index (χ3n) is 5.30. The first-order valence-corrected chi connectivity index (χ1v) is 11.9. The molecule has 0 spiro atoms.